The van der Waals surface area contributed by atoms with Crippen molar-refractivity contribution in [3.8, 4) is 0 Å². The van der Waals surface area contributed by atoms with E-state index in [1.54, 1.807) is 12.1 Å². The van der Waals surface area contributed by atoms with Crippen molar-refractivity contribution in [2.45, 2.75) is 84.1 Å². The zero-order chi connectivity index (χ0) is 21.8. The first-order valence-corrected chi connectivity index (χ1v) is 11.5. The number of hydrogen-bond acceptors (Lipinski definition) is 2. The van der Waals surface area contributed by atoms with E-state index in [1.807, 2.05) is 25.7 Å². The summed E-state index contributed by atoms with van der Waals surface area (Å²) in [5.41, 5.74) is 0.380. The van der Waals surface area contributed by atoms with Gasteiger partial charge in [0.2, 0.25) is 11.8 Å². The molecule has 3 rings (SSSR count). The summed E-state index contributed by atoms with van der Waals surface area (Å²) in [6.45, 7) is 7.40. The van der Waals surface area contributed by atoms with Crippen LogP contribution in [-0.4, -0.2) is 35.3 Å². The third-order valence-corrected chi connectivity index (χ3v) is 6.88. The van der Waals surface area contributed by atoms with Gasteiger partial charge in [0.05, 0.1) is 5.41 Å². The van der Waals surface area contributed by atoms with E-state index in [2.05, 4.69) is 5.32 Å². The number of nitrogens with one attached hydrogen (secondary N) is 1. The number of amides is 2. The molecule has 2 amide bonds. The van der Waals surface area contributed by atoms with Crippen molar-refractivity contribution in [3.05, 3.63) is 35.6 Å². The monoisotopic (exact) mass is 416 g/mol. The summed E-state index contributed by atoms with van der Waals surface area (Å²) in [4.78, 5) is 28.1. The molecule has 0 bridgehead atoms. The average Bonchev–Trinajstić information content (AvgIpc) is 2.72. The highest BCUT2D eigenvalue weighted by atomic mass is 19.1. The third-order valence-electron chi connectivity index (χ3n) is 6.88. The van der Waals surface area contributed by atoms with Crippen molar-refractivity contribution in [2.24, 2.45) is 11.3 Å². The van der Waals surface area contributed by atoms with Crippen LogP contribution in [0, 0.1) is 17.2 Å². The van der Waals surface area contributed by atoms with Crippen LogP contribution in [0.2, 0.25) is 0 Å². The van der Waals surface area contributed by atoms with Gasteiger partial charge in [-0.25, -0.2) is 4.39 Å². The second kappa shape index (κ2) is 9.49. The van der Waals surface area contributed by atoms with Crippen LogP contribution in [0.5, 0.6) is 0 Å². The van der Waals surface area contributed by atoms with E-state index in [1.165, 1.54) is 31.4 Å². The Labute approximate surface area is 180 Å². The van der Waals surface area contributed by atoms with Gasteiger partial charge in [-0.1, -0.05) is 31.4 Å². The van der Waals surface area contributed by atoms with Crippen LogP contribution >= 0.6 is 0 Å². The molecule has 1 saturated heterocycles. The van der Waals surface area contributed by atoms with Crippen LogP contribution in [0.3, 0.4) is 0 Å². The number of likely N-dealkylation sites (tertiary alicyclic amines) is 1. The number of benzene rings is 1. The first-order valence-electron chi connectivity index (χ1n) is 11.5. The molecule has 0 spiro atoms. The molecule has 1 heterocycles. The fraction of sp³-hybridized carbons (Fsp3) is 0.680. The summed E-state index contributed by atoms with van der Waals surface area (Å²) in [5, 5.41) is 3.25. The molecule has 0 unspecified atom stereocenters. The zero-order valence-corrected chi connectivity index (χ0v) is 18.8. The molecule has 0 atom stereocenters. The normalized spacial score (nSPS) is 20.1. The Kier molecular flexibility index (Phi) is 7.20. The van der Waals surface area contributed by atoms with Gasteiger partial charge in [-0.2, -0.15) is 0 Å². The predicted octanol–water partition coefficient (Wildman–Crippen LogP) is 4.86. The summed E-state index contributed by atoms with van der Waals surface area (Å²) in [5.74, 6) is 0.479. The molecule has 4 nitrogen and oxygen atoms in total. The van der Waals surface area contributed by atoms with Crippen LogP contribution < -0.4 is 5.32 Å². The predicted molar refractivity (Wildman–Crippen MR) is 117 cm³/mol. The third kappa shape index (κ3) is 5.61. The van der Waals surface area contributed by atoms with Crippen molar-refractivity contribution in [1.29, 1.82) is 0 Å². The van der Waals surface area contributed by atoms with E-state index in [0.717, 1.165) is 31.2 Å². The molecule has 5 heteroatoms. The average molecular weight is 417 g/mol. The van der Waals surface area contributed by atoms with Crippen molar-refractivity contribution in [3.63, 3.8) is 0 Å². The number of hydrogen-bond donors (Lipinski definition) is 1. The molecule has 1 N–H and O–H groups in total. The van der Waals surface area contributed by atoms with Crippen LogP contribution in [0.1, 0.15) is 77.7 Å². The van der Waals surface area contributed by atoms with Gasteiger partial charge in [0.1, 0.15) is 5.82 Å². The molecule has 30 heavy (non-hydrogen) atoms. The lowest BCUT2D eigenvalue weighted by atomic mass is 9.63. The minimum Gasteiger partial charge on any atom is -0.351 e. The number of halogens is 1. The van der Waals surface area contributed by atoms with Gasteiger partial charge in [-0.15, -0.1) is 0 Å². The lowest BCUT2D eigenvalue weighted by molar-refractivity contribution is -0.146. The Morgan fingerprint density at radius 1 is 1.07 bits per heavy atom. The van der Waals surface area contributed by atoms with Gasteiger partial charge in [-0.3, -0.25) is 9.59 Å². The molecule has 0 aromatic heterocycles. The second-order valence-corrected chi connectivity index (χ2v) is 10.2. The van der Waals surface area contributed by atoms with E-state index in [-0.39, 0.29) is 28.6 Å². The first kappa shape index (κ1) is 22.8. The summed E-state index contributed by atoms with van der Waals surface area (Å²) in [6.07, 6.45) is 8.46. The molecule has 1 saturated carbocycles. The number of piperidine rings is 1. The van der Waals surface area contributed by atoms with Crippen molar-refractivity contribution in [1.82, 2.24) is 10.2 Å². The molecule has 1 aromatic carbocycles. The SMILES string of the molecule is CC(C)(C)NC(=O)C1(C2CCCCC2)CCN(C(=O)CCc2ccc(F)cc2)CC1. The maximum Gasteiger partial charge on any atom is 0.227 e. The molecule has 2 fully saturated rings. The van der Waals surface area contributed by atoms with Gasteiger partial charge in [0, 0.05) is 25.0 Å². The largest absolute Gasteiger partial charge is 0.351 e. The first-order chi connectivity index (χ1) is 14.2. The second-order valence-electron chi connectivity index (χ2n) is 10.2. The number of aryl methyl sites for hydroxylation is 1. The maximum absolute atomic E-state index is 13.4. The molecular weight excluding hydrogens is 379 g/mol. The van der Waals surface area contributed by atoms with Gasteiger partial charge in [0.15, 0.2) is 0 Å². The molecule has 166 valence electrons. The minimum atomic E-state index is -0.346. The smallest absolute Gasteiger partial charge is 0.227 e. The maximum atomic E-state index is 13.4. The Morgan fingerprint density at radius 2 is 1.67 bits per heavy atom. The molecule has 1 aliphatic heterocycles. The molecular formula is C25H37FN2O2. The Hall–Kier alpha value is -1.91. The highest BCUT2D eigenvalue weighted by molar-refractivity contribution is 5.84. The lowest BCUT2D eigenvalue weighted by Crippen LogP contribution is -2.57. The summed E-state index contributed by atoms with van der Waals surface area (Å²) in [7, 11) is 0. The zero-order valence-electron chi connectivity index (χ0n) is 18.8. The van der Waals surface area contributed by atoms with Gasteiger partial charge in [-0.05, 0) is 76.5 Å². The summed E-state index contributed by atoms with van der Waals surface area (Å²) < 4.78 is 13.1. The summed E-state index contributed by atoms with van der Waals surface area (Å²) in [6, 6.07) is 6.35. The van der Waals surface area contributed by atoms with Crippen LogP contribution in [0.4, 0.5) is 4.39 Å². The topological polar surface area (TPSA) is 49.4 Å². The molecule has 1 aliphatic carbocycles. The molecule has 2 aliphatic rings. The Balaban J connectivity index is 1.62. The van der Waals surface area contributed by atoms with E-state index in [4.69, 9.17) is 0 Å². The van der Waals surface area contributed by atoms with Crippen LogP contribution in [0.15, 0.2) is 24.3 Å². The highest BCUT2D eigenvalue weighted by Gasteiger charge is 2.48. The van der Waals surface area contributed by atoms with Crippen molar-refractivity contribution >= 4 is 11.8 Å². The highest BCUT2D eigenvalue weighted by Crippen LogP contribution is 2.46. The number of nitrogens with zero attached hydrogens (tertiary/aromatic N) is 1. The fourth-order valence-corrected chi connectivity index (χ4v) is 5.16. The van der Waals surface area contributed by atoms with Crippen LogP contribution in [-0.2, 0) is 16.0 Å². The van der Waals surface area contributed by atoms with Crippen molar-refractivity contribution < 1.29 is 14.0 Å². The minimum absolute atomic E-state index is 0.132. The van der Waals surface area contributed by atoms with Gasteiger partial charge in [0.25, 0.3) is 0 Å². The lowest BCUT2D eigenvalue weighted by Gasteiger charge is -2.47. The van der Waals surface area contributed by atoms with E-state index < -0.39 is 0 Å². The Morgan fingerprint density at radius 3 is 2.23 bits per heavy atom. The number of rotatable bonds is 5. The van der Waals surface area contributed by atoms with Crippen LogP contribution in [0.25, 0.3) is 0 Å². The van der Waals surface area contributed by atoms with E-state index >= 15 is 0 Å². The fourth-order valence-electron chi connectivity index (χ4n) is 5.16. The summed E-state index contributed by atoms with van der Waals surface area (Å²) >= 11 is 0. The Bertz CT molecular complexity index is 725. The molecule has 1 aromatic rings. The quantitative estimate of drug-likeness (QED) is 0.745. The number of carbonyl (C=O) groups is 2. The van der Waals surface area contributed by atoms with Crippen molar-refractivity contribution in [2.75, 3.05) is 13.1 Å². The standard InChI is InChI=1S/C25H37FN2O2/c1-24(2,3)27-23(30)25(20-7-5-4-6-8-20)15-17-28(18-16-25)22(29)14-11-19-9-12-21(26)13-10-19/h9-10,12-13,20H,4-8,11,14-18H2,1-3H3,(H,27,30). The van der Waals surface area contributed by atoms with E-state index in [0.29, 0.717) is 31.8 Å². The van der Waals surface area contributed by atoms with Gasteiger partial charge < -0.3 is 10.2 Å². The van der Waals surface area contributed by atoms with E-state index in [9.17, 15) is 14.0 Å². The van der Waals surface area contributed by atoms with Gasteiger partial charge >= 0.3 is 0 Å². The number of carbonyl (C=O) groups excluding carboxylic acids is 2. The molecule has 0 radical (unpaired) electrons.